The largest absolute Gasteiger partial charge is 0.387 e. The second kappa shape index (κ2) is 5.74. The van der Waals surface area contributed by atoms with Gasteiger partial charge in [-0.1, -0.05) is 0 Å². The molecule has 6 heteroatoms. The maximum Gasteiger partial charge on any atom is 0.184 e. The Morgan fingerprint density at radius 3 is 2.13 bits per heavy atom. The standard InChI is InChI=1S/C9H18O6/c1-12-4-5-6(10)7(13-2)8(14-3)9(11)15-5/h5-11H,4H2,1-3H3/t5-,6-,7+,8+,9?/m1/s1. The average molecular weight is 222 g/mol. The molecule has 1 heterocycles. The van der Waals surface area contributed by atoms with E-state index in [-0.39, 0.29) is 6.61 Å². The smallest absolute Gasteiger partial charge is 0.184 e. The SMILES string of the molecule is COC[C@H]1OC(O)[C@@H](OC)[C@@H](OC)[C@@H]1O. The Balaban J connectivity index is 2.70. The van der Waals surface area contributed by atoms with Crippen molar-refractivity contribution in [1.82, 2.24) is 0 Å². The number of ether oxygens (including phenoxy) is 4. The predicted molar refractivity (Wildman–Crippen MR) is 50.4 cm³/mol. The van der Waals surface area contributed by atoms with Gasteiger partial charge in [0.2, 0.25) is 0 Å². The number of hydrogen-bond donors (Lipinski definition) is 2. The van der Waals surface area contributed by atoms with Crippen LogP contribution >= 0.6 is 0 Å². The fourth-order valence-corrected chi connectivity index (χ4v) is 1.73. The molecule has 5 atom stereocenters. The predicted octanol–water partition coefficient (Wildman–Crippen LogP) is -1.26. The van der Waals surface area contributed by atoms with E-state index in [0.717, 1.165) is 0 Å². The lowest BCUT2D eigenvalue weighted by Crippen LogP contribution is -2.59. The van der Waals surface area contributed by atoms with E-state index in [4.69, 9.17) is 18.9 Å². The second-order valence-corrected chi connectivity index (χ2v) is 3.41. The highest BCUT2D eigenvalue weighted by molar-refractivity contribution is 4.90. The zero-order valence-corrected chi connectivity index (χ0v) is 9.12. The van der Waals surface area contributed by atoms with Gasteiger partial charge in [0.05, 0.1) is 6.61 Å². The lowest BCUT2D eigenvalue weighted by molar-refractivity contribution is -0.296. The summed E-state index contributed by atoms with van der Waals surface area (Å²) in [5.41, 5.74) is 0. The third kappa shape index (κ3) is 2.66. The number of rotatable bonds is 4. The van der Waals surface area contributed by atoms with Crippen LogP contribution in [0.5, 0.6) is 0 Å². The van der Waals surface area contributed by atoms with Gasteiger partial charge in [-0.2, -0.15) is 0 Å². The lowest BCUT2D eigenvalue weighted by atomic mass is 9.99. The van der Waals surface area contributed by atoms with Gasteiger partial charge in [-0.25, -0.2) is 0 Å². The van der Waals surface area contributed by atoms with Crippen LogP contribution in [0.2, 0.25) is 0 Å². The van der Waals surface area contributed by atoms with Crippen LogP contribution in [0.1, 0.15) is 0 Å². The van der Waals surface area contributed by atoms with E-state index in [9.17, 15) is 10.2 Å². The highest BCUT2D eigenvalue weighted by atomic mass is 16.7. The summed E-state index contributed by atoms with van der Waals surface area (Å²) in [6.45, 7) is 0.189. The van der Waals surface area contributed by atoms with Gasteiger partial charge in [0.15, 0.2) is 6.29 Å². The number of hydrogen-bond acceptors (Lipinski definition) is 6. The van der Waals surface area contributed by atoms with Crippen LogP contribution in [0.3, 0.4) is 0 Å². The Bertz CT molecular complexity index is 187. The molecule has 1 saturated heterocycles. The van der Waals surface area contributed by atoms with Crippen LogP contribution in [-0.2, 0) is 18.9 Å². The van der Waals surface area contributed by atoms with E-state index in [2.05, 4.69) is 0 Å². The van der Waals surface area contributed by atoms with Crippen molar-refractivity contribution in [3.63, 3.8) is 0 Å². The van der Waals surface area contributed by atoms with Gasteiger partial charge in [0, 0.05) is 21.3 Å². The molecule has 90 valence electrons. The molecule has 0 aromatic rings. The van der Waals surface area contributed by atoms with Crippen molar-refractivity contribution in [3.8, 4) is 0 Å². The molecular weight excluding hydrogens is 204 g/mol. The number of aliphatic hydroxyl groups is 2. The molecule has 2 N–H and O–H groups in total. The molecule has 0 radical (unpaired) electrons. The zero-order chi connectivity index (χ0) is 11.4. The first-order valence-corrected chi connectivity index (χ1v) is 4.71. The first kappa shape index (κ1) is 12.8. The molecule has 0 bridgehead atoms. The minimum Gasteiger partial charge on any atom is -0.387 e. The maximum atomic E-state index is 9.86. The van der Waals surface area contributed by atoms with Crippen LogP contribution < -0.4 is 0 Å². The topological polar surface area (TPSA) is 77.4 Å². The highest BCUT2D eigenvalue weighted by Gasteiger charge is 2.45. The summed E-state index contributed by atoms with van der Waals surface area (Å²) in [5.74, 6) is 0. The van der Waals surface area contributed by atoms with Crippen LogP contribution in [0, 0.1) is 0 Å². The van der Waals surface area contributed by atoms with Crippen molar-refractivity contribution in [1.29, 1.82) is 0 Å². The van der Waals surface area contributed by atoms with E-state index >= 15 is 0 Å². The monoisotopic (exact) mass is 222 g/mol. The van der Waals surface area contributed by atoms with E-state index < -0.39 is 30.7 Å². The van der Waals surface area contributed by atoms with Crippen molar-refractivity contribution >= 4 is 0 Å². The molecule has 0 spiro atoms. The van der Waals surface area contributed by atoms with Crippen molar-refractivity contribution in [3.05, 3.63) is 0 Å². The Labute approximate surface area is 88.7 Å². The molecule has 0 saturated carbocycles. The maximum absolute atomic E-state index is 9.86. The van der Waals surface area contributed by atoms with Gasteiger partial charge in [0.25, 0.3) is 0 Å². The number of methoxy groups -OCH3 is 3. The molecular formula is C9H18O6. The Kier molecular flexibility index (Phi) is 4.91. The Morgan fingerprint density at radius 1 is 1.07 bits per heavy atom. The Morgan fingerprint density at radius 2 is 1.67 bits per heavy atom. The first-order valence-electron chi connectivity index (χ1n) is 4.71. The summed E-state index contributed by atoms with van der Waals surface area (Å²) >= 11 is 0. The van der Waals surface area contributed by atoms with Crippen molar-refractivity contribution in [2.75, 3.05) is 27.9 Å². The lowest BCUT2D eigenvalue weighted by Gasteiger charge is -2.41. The van der Waals surface area contributed by atoms with Crippen molar-refractivity contribution in [2.24, 2.45) is 0 Å². The summed E-state index contributed by atoms with van der Waals surface area (Å²) in [7, 11) is 4.36. The molecule has 15 heavy (non-hydrogen) atoms. The van der Waals surface area contributed by atoms with Crippen molar-refractivity contribution < 1.29 is 29.2 Å². The average Bonchev–Trinajstić information content (AvgIpc) is 2.22. The van der Waals surface area contributed by atoms with Gasteiger partial charge in [0.1, 0.15) is 24.4 Å². The summed E-state index contributed by atoms with van der Waals surface area (Å²) in [6.07, 6.45) is -3.94. The van der Waals surface area contributed by atoms with Crippen LogP contribution in [-0.4, -0.2) is 68.9 Å². The molecule has 1 unspecified atom stereocenters. The van der Waals surface area contributed by atoms with Gasteiger partial charge < -0.3 is 29.2 Å². The molecule has 0 aromatic carbocycles. The van der Waals surface area contributed by atoms with E-state index in [1.54, 1.807) is 0 Å². The summed E-state index contributed by atoms with van der Waals surface area (Å²) in [6, 6.07) is 0. The molecule has 1 fully saturated rings. The summed E-state index contributed by atoms with van der Waals surface area (Å²) in [5, 5.41) is 19.4. The molecule has 1 aliphatic heterocycles. The van der Waals surface area contributed by atoms with Crippen LogP contribution in [0.15, 0.2) is 0 Å². The first-order chi connectivity index (χ1) is 7.15. The van der Waals surface area contributed by atoms with Gasteiger partial charge in [-0.15, -0.1) is 0 Å². The molecule has 6 nitrogen and oxygen atoms in total. The quantitative estimate of drug-likeness (QED) is 0.618. The summed E-state index contributed by atoms with van der Waals surface area (Å²) in [4.78, 5) is 0. The molecule has 1 rings (SSSR count). The van der Waals surface area contributed by atoms with E-state index in [1.807, 2.05) is 0 Å². The van der Waals surface area contributed by atoms with E-state index in [1.165, 1.54) is 21.3 Å². The van der Waals surface area contributed by atoms with E-state index in [0.29, 0.717) is 0 Å². The molecule has 0 aliphatic carbocycles. The fourth-order valence-electron chi connectivity index (χ4n) is 1.73. The molecule has 0 aromatic heterocycles. The third-order valence-electron chi connectivity index (χ3n) is 2.51. The zero-order valence-electron chi connectivity index (χ0n) is 9.12. The minimum absolute atomic E-state index is 0.189. The van der Waals surface area contributed by atoms with Crippen LogP contribution in [0.4, 0.5) is 0 Å². The van der Waals surface area contributed by atoms with Gasteiger partial charge >= 0.3 is 0 Å². The van der Waals surface area contributed by atoms with Crippen LogP contribution in [0.25, 0.3) is 0 Å². The fraction of sp³-hybridized carbons (Fsp3) is 1.00. The molecule has 0 amide bonds. The van der Waals surface area contributed by atoms with Crippen molar-refractivity contribution in [2.45, 2.75) is 30.7 Å². The number of aliphatic hydroxyl groups excluding tert-OH is 2. The second-order valence-electron chi connectivity index (χ2n) is 3.41. The molecule has 1 aliphatic rings. The summed E-state index contributed by atoms with van der Waals surface area (Å²) < 4.78 is 20.1. The Hall–Kier alpha value is -0.240. The van der Waals surface area contributed by atoms with Gasteiger partial charge in [-0.3, -0.25) is 0 Å². The van der Waals surface area contributed by atoms with Gasteiger partial charge in [-0.05, 0) is 0 Å². The minimum atomic E-state index is -1.12. The highest BCUT2D eigenvalue weighted by Crippen LogP contribution is 2.23. The normalized spacial score (nSPS) is 41.8. The third-order valence-corrected chi connectivity index (χ3v) is 2.51.